The van der Waals surface area contributed by atoms with Gasteiger partial charge in [-0.25, -0.2) is 4.79 Å². The highest BCUT2D eigenvalue weighted by Gasteiger charge is 2.29. The van der Waals surface area contributed by atoms with Crippen LogP contribution in [0.4, 0.5) is 10.5 Å². The summed E-state index contributed by atoms with van der Waals surface area (Å²) in [7, 11) is 1.39. The van der Waals surface area contributed by atoms with Gasteiger partial charge < -0.3 is 4.74 Å². The molecule has 0 saturated carbocycles. The zero-order chi connectivity index (χ0) is 12.3. The van der Waals surface area contributed by atoms with E-state index in [2.05, 4.69) is 15.9 Å². The Kier molecular flexibility index (Phi) is 3.97. The van der Waals surface area contributed by atoms with Crippen LogP contribution < -0.4 is 4.90 Å². The van der Waals surface area contributed by atoms with Gasteiger partial charge in [-0.2, -0.15) is 0 Å². The molecule has 1 aromatic rings. The minimum Gasteiger partial charge on any atom is -0.452 e. The lowest BCUT2D eigenvalue weighted by Crippen LogP contribution is -2.46. The first kappa shape index (κ1) is 13.0. The maximum atomic E-state index is 11.8. The Balaban J connectivity index is 3.23. The minimum atomic E-state index is -0.362. The van der Waals surface area contributed by atoms with Crippen LogP contribution in [0.2, 0.25) is 0 Å². The number of halogens is 1. The number of carbonyl (C=O) groups excluding carboxylic acids is 1. The van der Waals surface area contributed by atoms with Gasteiger partial charge in [-0.05, 0) is 48.8 Å². The average Bonchev–Trinajstić information content (AvgIpc) is 2.19. The van der Waals surface area contributed by atoms with Crippen LogP contribution in [0.25, 0.3) is 0 Å². The molecule has 0 heterocycles. The highest BCUT2D eigenvalue weighted by atomic mass is 79.9. The Hall–Kier alpha value is -1.03. The molecular formula is C12H16BrNO2. The molecule has 0 N–H and O–H groups in total. The molecule has 88 valence electrons. The largest absolute Gasteiger partial charge is 0.452 e. The number of nitrogens with zero attached hydrogens (tertiary/aromatic N) is 1. The van der Waals surface area contributed by atoms with Gasteiger partial charge in [-0.3, -0.25) is 4.90 Å². The van der Waals surface area contributed by atoms with E-state index in [0.29, 0.717) is 0 Å². The van der Waals surface area contributed by atoms with E-state index in [4.69, 9.17) is 4.74 Å². The standard InChI is InChI=1S/C12H16BrNO2/c1-12(2,3)14(11(15)16-4)10-8-6-5-7-9(10)13/h5-8H,1-4H3. The lowest BCUT2D eigenvalue weighted by molar-refractivity contribution is 0.172. The smallest absolute Gasteiger partial charge is 0.414 e. The molecule has 0 aliphatic rings. The molecule has 4 heteroatoms. The number of carbonyl (C=O) groups is 1. The van der Waals surface area contributed by atoms with Gasteiger partial charge >= 0.3 is 6.09 Å². The summed E-state index contributed by atoms with van der Waals surface area (Å²) >= 11 is 3.44. The van der Waals surface area contributed by atoms with Crippen LogP contribution in [0.3, 0.4) is 0 Å². The average molecular weight is 286 g/mol. The Morgan fingerprint density at radius 1 is 1.31 bits per heavy atom. The van der Waals surface area contributed by atoms with Crippen molar-refractivity contribution in [3.8, 4) is 0 Å². The molecule has 0 saturated heterocycles. The van der Waals surface area contributed by atoms with E-state index in [1.54, 1.807) is 4.90 Å². The van der Waals surface area contributed by atoms with E-state index < -0.39 is 0 Å². The number of ether oxygens (including phenoxy) is 1. The zero-order valence-electron chi connectivity index (χ0n) is 9.95. The third-order valence-electron chi connectivity index (χ3n) is 2.12. The van der Waals surface area contributed by atoms with E-state index in [1.807, 2.05) is 45.0 Å². The van der Waals surface area contributed by atoms with Crippen LogP contribution in [0.5, 0.6) is 0 Å². The first-order chi connectivity index (χ1) is 7.38. The molecule has 0 fully saturated rings. The van der Waals surface area contributed by atoms with Gasteiger partial charge in [0.15, 0.2) is 0 Å². The molecule has 0 bridgehead atoms. The number of hydrogen-bond donors (Lipinski definition) is 0. The maximum Gasteiger partial charge on any atom is 0.414 e. The molecule has 0 aliphatic carbocycles. The monoisotopic (exact) mass is 285 g/mol. The molecule has 16 heavy (non-hydrogen) atoms. The molecule has 0 atom stereocenters. The van der Waals surface area contributed by atoms with E-state index >= 15 is 0 Å². The van der Waals surface area contributed by atoms with Crippen molar-refractivity contribution in [2.45, 2.75) is 26.3 Å². The minimum absolute atomic E-state index is 0.336. The van der Waals surface area contributed by atoms with E-state index in [-0.39, 0.29) is 11.6 Å². The lowest BCUT2D eigenvalue weighted by Gasteiger charge is -2.34. The summed E-state index contributed by atoms with van der Waals surface area (Å²) in [5, 5.41) is 0. The Bertz CT molecular complexity index is 385. The van der Waals surface area contributed by atoms with E-state index in [0.717, 1.165) is 10.2 Å². The summed E-state index contributed by atoms with van der Waals surface area (Å²) in [5.41, 5.74) is 0.471. The second kappa shape index (κ2) is 4.87. The van der Waals surface area contributed by atoms with E-state index in [1.165, 1.54) is 7.11 Å². The van der Waals surface area contributed by atoms with Gasteiger partial charge in [-0.1, -0.05) is 12.1 Å². The highest BCUT2D eigenvalue weighted by molar-refractivity contribution is 9.10. The summed E-state index contributed by atoms with van der Waals surface area (Å²) in [6.07, 6.45) is -0.362. The zero-order valence-corrected chi connectivity index (χ0v) is 11.5. The molecule has 0 unspecified atom stereocenters. The molecule has 1 aromatic carbocycles. The highest BCUT2D eigenvalue weighted by Crippen LogP contribution is 2.31. The number of benzene rings is 1. The van der Waals surface area contributed by atoms with Crippen LogP contribution in [0, 0.1) is 0 Å². The Morgan fingerprint density at radius 2 is 1.88 bits per heavy atom. The SMILES string of the molecule is COC(=O)N(c1ccccc1Br)C(C)(C)C. The first-order valence-corrected chi connectivity index (χ1v) is 5.80. The number of hydrogen-bond acceptors (Lipinski definition) is 2. The van der Waals surface area contributed by atoms with Gasteiger partial charge in [0.25, 0.3) is 0 Å². The second-order valence-electron chi connectivity index (χ2n) is 4.43. The fraction of sp³-hybridized carbons (Fsp3) is 0.417. The number of para-hydroxylation sites is 1. The fourth-order valence-electron chi connectivity index (χ4n) is 1.46. The predicted octanol–water partition coefficient (Wildman–Crippen LogP) is 3.82. The number of rotatable bonds is 1. The molecular weight excluding hydrogens is 270 g/mol. The molecule has 0 aliphatic heterocycles. The van der Waals surface area contributed by atoms with Gasteiger partial charge in [0.2, 0.25) is 0 Å². The van der Waals surface area contributed by atoms with Crippen molar-refractivity contribution in [1.82, 2.24) is 0 Å². The van der Waals surface area contributed by atoms with Crippen molar-refractivity contribution in [3.63, 3.8) is 0 Å². The lowest BCUT2D eigenvalue weighted by atomic mass is 10.1. The van der Waals surface area contributed by atoms with Gasteiger partial charge in [-0.15, -0.1) is 0 Å². The third kappa shape index (κ3) is 2.76. The van der Waals surface area contributed by atoms with Gasteiger partial charge in [0, 0.05) is 10.0 Å². The maximum absolute atomic E-state index is 11.8. The summed E-state index contributed by atoms with van der Waals surface area (Å²) in [6.45, 7) is 5.88. The normalized spacial score (nSPS) is 11.1. The molecule has 3 nitrogen and oxygen atoms in total. The van der Waals surface area contributed by atoms with Crippen molar-refractivity contribution in [1.29, 1.82) is 0 Å². The number of anilines is 1. The Labute approximate surface area is 105 Å². The van der Waals surface area contributed by atoms with Crippen LogP contribution >= 0.6 is 15.9 Å². The van der Waals surface area contributed by atoms with Crippen LogP contribution in [-0.4, -0.2) is 18.7 Å². The van der Waals surface area contributed by atoms with E-state index in [9.17, 15) is 4.79 Å². The predicted molar refractivity (Wildman–Crippen MR) is 68.8 cm³/mol. The molecule has 0 radical (unpaired) electrons. The van der Waals surface area contributed by atoms with Crippen molar-refractivity contribution >= 4 is 27.7 Å². The second-order valence-corrected chi connectivity index (χ2v) is 5.28. The molecule has 0 spiro atoms. The molecule has 0 aromatic heterocycles. The Morgan fingerprint density at radius 3 is 2.31 bits per heavy atom. The van der Waals surface area contributed by atoms with Crippen molar-refractivity contribution in [2.75, 3.05) is 12.0 Å². The quantitative estimate of drug-likeness (QED) is 0.785. The first-order valence-electron chi connectivity index (χ1n) is 5.00. The summed E-state index contributed by atoms with van der Waals surface area (Å²) in [4.78, 5) is 13.4. The van der Waals surface area contributed by atoms with Crippen molar-refractivity contribution < 1.29 is 9.53 Å². The van der Waals surface area contributed by atoms with Gasteiger partial charge in [0.1, 0.15) is 0 Å². The van der Waals surface area contributed by atoms with Crippen LogP contribution in [-0.2, 0) is 4.74 Å². The summed E-state index contributed by atoms with van der Waals surface area (Å²) in [5.74, 6) is 0. The topological polar surface area (TPSA) is 29.5 Å². The van der Waals surface area contributed by atoms with Crippen molar-refractivity contribution in [2.24, 2.45) is 0 Å². The van der Waals surface area contributed by atoms with Crippen LogP contribution in [0.15, 0.2) is 28.7 Å². The number of methoxy groups -OCH3 is 1. The molecule has 1 rings (SSSR count). The summed E-state index contributed by atoms with van der Waals surface area (Å²) in [6, 6.07) is 7.58. The number of amides is 1. The van der Waals surface area contributed by atoms with Crippen LogP contribution in [0.1, 0.15) is 20.8 Å². The fourth-order valence-corrected chi connectivity index (χ4v) is 1.92. The van der Waals surface area contributed by atoms with Gasteiger partial charge in [0.05, 0.1) is 12.8 Å². The summed E-state index contributed by atoms with van der Waals surface area (Å²) < 4.78 is 5.69. The molecule has 1 amide bonds. The third-order valence-corrected chi connectivity index (χ3v) is 2.79. The van der Waals surface area contributed by atoms with Crippen molar-refractivity contribution in [3.05, 3.63) is 28.7 Å².